The molecule has 68 heavy (non-hydrogen) atoms. The van der Waals surface area contributed by atoms with Crippen molar-refractivity contribution >= 4 is 11.9 Å². The van der Waals surface area contributed by atoms with Gasteiger partial charge in [0.15, 0.2) is 12.6 Å². The summed E-state index contributed by atoms with van der Waals surface area (Å²) in [5, 5.41) is 142. The highest BCUT2D eigenvalue weighted by Crippen LogP contribution is 2.28. The van der Waals surface area contributed by atoms with Crippen molar-refractivity contribution in [1.29, 1.82) is 0 Å². The number of rotatable bonds is 18. The van der Waals surface area contributed by atoms with Gasteiger partial charge in [0, 0.05) is 11.1 Å². The zero-order valence-electron chi connectivity index (χ0n) is 37.5. The zero-order valence-corrected chi connectivity index (χ0v) is 37.5. The van der Waals surface area contributed by atoms with Crippen molar-refractivity contribution in [2.24, 2.45) is 0 Å². The maximum atomic E-state index is 12.8. The summed E-state index contributed by atoms with van der Waals surface area (Å²) in [7, 11) is 0. The van der Waals surface area contributed by atoms with Crippen molar-refractivity contribution in [3.63, 3.8) is 0 Å². The van der Waals surface area contributed by atoms with E-state index in [0.717, 1.165) is 11.1 Å². The number of hydrogen-bond donors (Lipinski definition) is 14. The first kappa shape index (κ1) is 56.9. The van der Waals surface area contributed by atoms with Crippen LogP contribution >= 0.6 is 0 Å². The molecule has 0 saturated carbocycles. The van der Waals surface area contributed by atoms with E-state index in [2.05, 4.69) is 0 Å². The fraction of sp³-hybridized carbons (Fsp3) is 0.636. The molecule has 24 heteroatoms. The predicted octanol–water partition coefficient (Wildman–Crippen LogP) is -5.23. The highest BCUT2D eigenvalue weighted by Gasteiger charge is 2.50. The quantitative estimate of drug-likeness (QED) is 0.0347. The minimum absolute atomic E-state index is 0.0726. The molecule has 0 aliphatic carbocycles. The molecule has 4 heterocycles. The first-order valence-electron chi connectivity index (χ1n) is 21.5. The van der Waals surface area contributed by atoms with Crippen LogP contribution in [-0.4, -0.2) is 233 Å². The second kappa shape index (κ2) is 26.5. The van der Waals surface area contributed by atoms with Crippen LogP contribution in [0.25, 0.3) is 0 Å². The number of carbonyl (C=O) groups excluding carboxylic acids is 2. The molecule has 4 aliphatic rings. The SMILES string of the molecule is CC(/C=C/C=C(\C)C(=O)O[C@H]1O[C@@H](CO[C@H]2O[C@@H](CO)[C@H](O)[C@@H](O)[C@@H]2O)[C@H](O)[C@@H](O)[C@@H]1O)=C\C=C\C=C(C)\C=C\C=C(/C)C(=O)O[C@@H]1O[C@H](CO[C@@H]2O[C@H](CO)[C@@H](O)[C@H](O)[C@H]2O)[C@@H](O)[C@H](O)[C@H]1O. The molecule has 4 fully saturated rings. The van der Waals surface area contributed by atoms with Gasteiger partial charge < -0.3 is 109 Å². The third kappa shape index (κ3) is 14.9. The van der Waals surface area contributed by atoms with Crippen molar-refractivity contribution in [3.8, 4) is 0 Å². The molecule has 4 rings (SSSR count). The third-order valence-electron chi connectivity index (χ3n) is 11.2. The Morgan fingerprint density at radius 2 is 0.691 bits per heavy atom. The first-order chi connectivity index (χ1) is 32.1. The summed E-state index contributed by atoms with van der Waals surface area (Å²) < 4.78 is 42.7. The van der Waals surface area contributed by atoms with Crippen LogP contribution in [0.1, 0.15) is 27.7 Å². The van der Waals surface area contributed by atoms with Gasteiger partial charge in [-0.3, -0.25) is 0 Å². The molecule has 0 radical (unpaired) electrons. The number of ether oxygens (including phenoxy) is 8. The van der Waals surface area contributed by atoms with Gasteiger partial charge in [0.1, 0.15) is 97.7 Å². The van der Waals surface area contributed by atoms with Gasteiger partial charge in [-0.15, -0.1) is 0 Å². The molecule has 20 atom stereocenters. The van der Waals surface area contributed by atoms with Gasteiger partial charge in [0.25, 0.3) is 0 Å². The van der Waals surface area contributed by atoms with Crippen LogP contribution in [0, 0.1) is 0 Å². The molecule has 384 valence electrons. The summed E-state index contributed by atoms with van der Waals surface area (Å²) in [5.41, 5.74) is 1.68. The van der Waals surface area contributed by atoms with E-state index in [4.69, 9.17) is 37.9 Å². The molecule has 0 bridgehead atoms. The smallest absolute Gasteiger partial charge is 0.336 e. The molecule has 0 aromatic heterocycles. The maximum absolute atomic E-state index is 12.8. The lowest BCUT2D eigenvalue weighted by molar-refractivity contribution is -0.326. The van der Waals surface area contributed by atoms with Gasteiger partial charge in [0.2, 0.25) is 12.6 Å². The monoisotopic (exact) mass is 976 g/mol. The van der Waals surface area contributed by atoms with E-state index in [1.54, 1.807) is 62.5 Å². The molecule has 0 aromatic carbocycles. The van der Waals surface area contributed by atoms with Gasteiger partial charge in [-0.25, -0.2) is 9.59 Å². The predicted molar refractivity (Wildman–Crippen MR) is 227 cm³/mol. The van der Waals surface area contributed by atoms with E-state index in [9.17, 15) is 81.1 Å². The van der Waals surface area contributed by atoms with E-state index in [1.165, 1.54) is 26.0 Å². The summed E-state index contributed by atoms with van der Waals surface area (Å²) >= 11 is 0. The third-order valence-corrected chi connectivity index (χ3v) is 11.2. The van der Waals surface area contributed by atoms with Crippen molar-refractivity contribution < 1.29 is 119 Å². The van der Waals surface area contributed by atoms with Crippen LogP contribution in [0.15, 0.2) is 83.1 Å². The van der Waals surface area contributed by atoms with Crippen molar-refractivity contribution in [2.45, 2.75) is 151 Å². The van der Waals surface area contributed by atoms with Crippen molar-refractivity contribution in [2.75, 3.05) is 26.4 Å². The molecule has 14 N–H and O–H groups in total. The van der Waals surface area contributed by atoms with Crippen LogP contribution in [0.4, 0.5) is 0 Å². The number of hydrogen-bond acceptors (Lipinski definition) is 24. The summed E-state index contributed by atoms with van der Waals surface area (Å²) in [6, 6.07) is 0. The van der Waals surface area contributed by atoms with Gasteiger partial charge in [0.05, 0.1) is 26.4 Å². The van der Waals surface area contributed by atoms with Crippen LogP contribution in [0.3, 0.4) is 0 Å². The second-order valence-electron chi connectivity index (χ2n) is 16.5. The summed E-state index contributed by atoms with van der Waals surface area (Å²) in [6.07, 6.45) is -16.8. The number of esters is 2. The summed E-state index contributed by atoms with van der Waals surface area (Å²) in [4.78, 5) is 25.6. The zero-order chi connectivity index (χ0) is 50.6. The standard InChI is InChI=1S/C44H64O24/c1-19(11-7-13-21(3)39(59)67-43-37(57)33(53)29(49)25(65-43)17-61-41-35(55)31(51)27(47)23(15-45)63-41)9-5-6-10-20(2)12-8-14-22(4)40(60)68-44-38(58)34(54)30(50)26(66-44)18-62-42-36(56)32(52)28(48)24(16-46)64-42/h5-14,23-38,41-58H,15-18H2,1-4H3/b6-5+,11-7+,12-8+,19-9+,20-10+,21-13+,22-14+/t23-,24+,25-,26+,27-,28+,29-,30+,31+,32-,33+,34-,35-,36+,37-,38+,41-,42+,43+,44-. The largest absolute Gasteiger partial charge is 0.429 e. The average molecular weight is 977 g/mol. The second-order valence-corrected chi connectivity index (χ2v) is 16.5. The Labute approximate surface area is 390 Å². The van der Waals surface area contributed by atoms with E-state index < -0.39 is 161 Å². The topological polar surface area (TPSA) is 391 Å². The first-order valence-corrected chi connectivity index (χ1v) is 21.5. The van der Waals surface area contributed by atoms with Crippen LogP contribution in [-0.2, 0) is 47.5 Å². The molecule has 4 aliphatic heterocycles. The minimum Gasteiger partial charge on any atom is -0.429 e. The molecule has 4 saturated heterocycles. The van der Waals surface area contributed by atoms with E-state index in [-0.39, 0.29) is 11.1 Å². The van der Waals surface area contributed by atoms with Crippen molar-refractivity contribution in [1.82, 2.24) is 0 Å². The van der Waals surface area contributed by atoms with E-state index in [1.807, 2.05) is 0 Å². The fourth-order valence-electron chi connectivity index (χ4n) is 6.84. The number of carbonyl (C=O) groups is 2. The lowest BCUT2D eigenvalue weighted by Crippen LogP contribution is -2.61. The molecular formula is C44H64O24. The number of allylic oxidation sites excluding steroid dienone is 12. The Morgan fingerprint density at radius 3 is 1.01 bits per heavy atom. The van der Waals surface area contributed by atoms with E-state index in [0.29, 0.717) is 0 Å². The maximum Gasteiger partial charge on any atom is 0.336 e. The lowest BCUT2D eigenvalue weighted by Gasteiger charge is -2.42. The van der Waals surface area contributed by atoms with Gasteiger partial charge in [-0.05, 0) is 27.7 Å². The molecule has 0 unspecified atom stereocenters. The lowest BCUT2D eigenvalue weighted by atomic mass is 9.98. The molecule has 0 amide bonds. The molecule has 0 spiro atoms. The summed E-state index contributed by atoms with van der Waals surface area (Å²) in [6.45, 7) is 3.80. The van der Waals surface area contributed by atoms with Gasteiger partial charge >= 0.3 is 11.9 Å². The highest BCUT2D eigenvalue weighted by molar-refractivity contribution is 5.88. The van der Waals surface area contributed by atoms with Gasteiger partial charge in [-0.2, -0.15) is 0 Å². The van der Waals surface area contributed by atoms with Gasteiger partial charge in [-0.1, -0.05) is 71.9 Å². The molecule has 24 nitrogen and oxygen atoms in total. The fourth-order valence-corrected chi connectivity index (χ4v) is 6.84. The Hall–Kier alpha value is -3.68. The minimum atomic E-state index is -1.86. The van der Waals surface area contributed by atoms with Crippen LogP contribution < -0.4 is 0 Å². The average Bonchev–Trinajstić information content (AvgIpc) is 3.31. The van der Waals surface area contributed by atoms with Crippen molar-refractivity contribution in [3.05, 3.63) is 83.1 Å². The number of aliphatic hydroxyl groups is 14. The Balaban J connectivity index is 1.23. The normalized spacial score (nSPS) is 40.3. The Morgan fingerprint density at radius 1 is 0.397 bits per heavy atom. The Bertz CT molecular complexity index is 1730. The number of aliphatic hydroxyl groups excluding tert-OH is 14. The molecule has 0 aromatic rings. The van der Waals surface area contributed by atoms with Crippen LogP contribution in [0.2, 0.25) is 0 Å². The van der Waals surface area contributed by atoms with E-state index >= 15 is 0 Å². The summed E-state index contributed by atoms with van der Waals surface area (Å²) in [5.74, 6) is -1.86. The molecular weight excluding hydrogens is 912 g/mol. The highest BCUT2D eigenvalue weighted by atomic mass is 16.8. The van der Waals surface area contributed by atoms with Crippen LogP contribution in [0.5, 0.6) is 0 Å². The Kier molecular flexibility index (Phi) is 22.2.